The second-order valence-electron chi connectivity index (χ2n) is 6.33. The summed E-state index contributed by atoms with van der Waals surface area (Å²) in [6.07, 6.45) is 3.90. The van der Waals surface area contributed by atoms with Gasteiger partial charge in [-0.2, -0.15) is 0 Å². The lowest BCUT2D eigenvalue weighted by Gasteiger charge is -2.06. The van der Waals surface area contributed by atoms with Crippen LogP contribution in [0.5, 0.6) is 23.0 Å². The van der Waals surface area contributed by atoms with E-state index in [0.29, 0.717) is 5.92 Å². The van der Waals surface area contributed by atoms with Crippen molar-refractivity contribution in [2.45, 2.75) is 46.5 Å². The third kappa shape index (κ3) is 6.82. The molecule has 0 aromatic heterocycles. The number of phenols is 4. The van der Waals surface area contributed by atoms with Crippen molar-refractivity contribution in [3.63, 3.8) is 0 Å². The van der Waals surface area contributed by atoms with Crippen molar-refractivity contribution in [2.75, 3.05) is 0 Å². The maximum absolute atomic E-state index is 9.38. The largest absolute Gasteiger partial charge is 0.508 e. The van der Waals surface area contributed by atoms with Crippen LogP contribution in [0, 0.1) is 5.92 Å². The topological polar surface area (TPSA) is 80.9 Å². The molecule has 0 aliphatic carbocycles. The van der Waals surface area contributed by atoms with Gasteiger partial charge in [0.2, 0.25) is 0 Å². The predicted octanol–water partition coefficient (Wildman–Crippen LogP) is 4.74. The molecule has 0 spiro atoms. The second-order valence-corrected chi connectivity index (χ2v) is 6.33. The summed E-state index contributed by atoms with van der Waals surface area (Å²) in [5.74, 6) is 1.13. The van der Waals surface area contributed by atoms with Crippen LogP contribution in [0.4, 0.5) is 0 Å². The number of hydrogen-bond acceptors (Lipinski definition) is 4. The molecule has 2 aromatic carbocycles. The Hall–Kier alpha value is -2.36. The fraction of sp³-hybridized carbons (Fsp3) is 0.400. The highest BCUT2D eigenvalue weighted by atomic mass is 16.3. The molecule has 0 amide bonds. The first-order valence-electron chi connectivity index (χ1n) is 8.35. The third-order valence-electron chi connectivity index (χ3n) is 3.57. The first-order valence-corrected chi connectivity index (χ1v) is 8.35. The molecular formula is C20H28O4. The van der Waals surface area contributed by atoms with Gasteiger partial charge in [0.1, 0.15) is 23.0 Å². The molecule has 4 heteroatoms. The van der Waals surface area contributed by atoms with E-state index in [9.17, 15) is 10.2 Å². The summed E-state index contributed by atoms with van der Waals surface area (Å²) in [6, 6.07) is 9.47. The van der Waals surface area contributed by atoms with Crippen LogP contribution in [0.3, 0.4) is 0 Å². The standard InChI is InChI=1S/2C10H14O2/c1-7(2)5-8-3-4-9(11)6-10(8)12;1-2-3-4-8-5-6-9(11)7-10(8)12/h3-4,6-7,11-12H,5H2,1-2H3;5-7,11-12H,2-4H2,1H3. The lowest BCUT2D eigenvalue weighted by Crippen LogP contribution is -1.93. The van der Waals surface area contributed by atoms with E-state index in [0.717, 1.165) is 36.8 Å². The zero-order chi connectivity index (χ0) is 18.1. The monoisotopic (exact) mass is 332 g/mol. The van der Waals surface area contributed by atoms with E-state index in [1.54, 1.807) is 24.3 Å². The quantitative estimate of drug-likeness (QED) is 0.638. The Morgan fingerprint density at radius 2 is 1.29 bits per heavy atom. The molecule has 0 radical (unpaired) electrons. The number of rotatable bonds is 5. The molecule has 0 aliphatic rings. The minimum absolute atomic E-state index is 0.111. The summed E-state index contributed by atoms with van der Waals surface area (Å²) < 4.78 is 0. The van der Waals surface area contributed by atoms with Gasteiger partial charge >= 0.3 is 0 Å². The van der Waals surface area contributed by atoms with Gasteiger partial charge in [-0.15, -0.1) is 0 Å². The number of unbranched alkanes of at least 4 members (excludes halogenated alkanes) is 1. The van der Waals surface area contributed by atoms with Crippen LogP contribution in [0.2, 0.25) is 0 Å². The van der Waals surface area contributed by atoms with Gasteiger partial charge in [0.15, 0.2) is 0 Å². The minimum atomic E-state index is 0.111. The molecule has 132 valence electrons. The summed E-state index contributed by atoms with van der Waals surface area (Å²) in [7, 11) is 0. The van der Waals surface area contributed by atoms with E-state index < -0.39 is 0 Å². The highest BCUT2D eigenvalue weighted by Crippen LogP contribution is 2.25. The Kier molecular flexibility index (Phi) is 7.96. The van der Waals surface area contributed by atoms with Gasteiger partial charge in [-0.05, 0) is 48.4 Å². The molecule has 2 rings (SSSR count). The Labute approximate surface area is 144 Å². The minimum Gasteiger partial charge on any atom is -0.508 e. The lowest BCUT2D eigenvalue weighted by atomic mass is 10.0. The average molecular weight is 332 g/mol. The number of aryl methyl sites for hydroxylation is 1. The zero-order valence-electron chi connectivity index (χ0n) is 14.7. The molecular weight excluding hydrogens is 304 g/mol. The fourth-order valence-electron chi connectivity index (χ4n) is 2.30. The number of aromatic hydroxyl groups is 4. The Morgan fingerprint density at radius 1 is 0.792 bits per heavy atom. The van der Waals surface area contributed by atoms with Crippen molar-refractivity contribution in [1.29, 1.82) is 0 Å². The molecule has 0 saturated carbocycles. The summed E-state index contributed by atoms with van der Waals surface area (Å²) in [5.41, 5.74) is 1.80. The first kappa shape index (κ1) is 19.7. The molecule has 0 unspecified atom stereocenters. The fourth-order valence-corrected chi connectivity index (χ4v) is 2.30. The van der Waals surface area contributed by atoms with Crippen LogP contribution in [0.1, 0.15) is 44.7 Å². The lowest BCUT2D eigenvalue weighted by molar-refractivity contribution is 0.442. The van der Waals surface area contributed by atoms with Crippen LogP contribution in [0.25, 0.3) is 0 Å². The van der Waals surface area contributed by atoms with E-state index in [1.807, 2.05) is 0 Å². The van der Waals surface area contributed by atoms with Crippen LogP contribution < -0.4 is 0 Å². The molecule has 2 aromatic rings. The normalized spacial score (nSPS) is 10.3. The maximum atomic E-state index is 9.38. The second kappa shape index (κ2) is 9.71. The van der Waals surface area contributed by atoms with E-state index in [2.05, 4.69) is 20.8 Å². The molecule has 4 nitrogen and oxygen atoms in total. The molecule has 0 fully saturated rings. The summed E-state index contributed by atoms with van der Waals surface area (Å²) in [6.45, 7) is 6.29. The summed E-state index contributed by atoms with van der Waals surface area (Å²) in [5, 5.41) is 36.8. The van der Waals surface area contributed by atoms with Gasteiger partial charge in [-0.3, -0.25) is 0 Å². The molecule has 0 aliphatic heterocycles. The smallest absolute Gasteiger partial charge is 0.122 e. The zero-order valence-corrected chi connectivity index (χ0v) is 14.7. The summed E-state index contributed by atoms with van der Waals surface area (Å²) in [4.78, 5) is 0. The Bertz CT molecular complexity index is 636. The van der Waals surface area contributed by atoms with Crippen molar-refractivity contribution < 1.29 is 20.4 Å². The third-order valence-corrected chi connectivity index (χ3v) is 3.57. The molecule has 0 saturated heterocycles. The molecule has 24 heavy (non-hydrogen) atoms. The van der Waals surface area contributed by atoms with Crippen molar-refractivity contribution in [1.82, 2.24) is 0 Å². The highest BCUT2D eigenvalue weighted by molar-refractivity contribution is 5.39. The Morgan fingerprint density at radius 3 is 1.71 bits per heavy atom. The number of phenolic OH excluding ortho intramolecular Hbond substituents is 4. The van der Waals surface area contributed by atoms with Crippen LogP contribution >= 0.6 is 0 Å². The number of benzene rings is 2. The predicted molar refractivity (Wildman–Crippen MR) is 96.7 cm³/mol. The van der Waals surface area contributed by atoms with Crippen molar-refractivity contribution >= 4 is 0 Å². The maximum Gasteiger partial charge on any atom is 0.122 e. The van der Waals surface area contributed by atoms with Gasteiger partial charge in [0, 0.05) is 12.1 Å². The van der Waals surface area contributed by atoms with Crippen molar-refractivity contribution in [2.24, 2.45) is 5.92 Å². The Balaban J connectivity index is 0.000000240. The summed E-state index contributed by atoms with van der Waals surface area (Å²) >= 11 is 0. The first-order chi connectivity index (χ1) is 11.3. The van der Waals surface area contributed by atoms with Crippen molar-refractivity contribution in [3.8, 4) is 23.0 Å². The van der Waals surface area contributed by atoms with Crippen molar-refractivity contribution in [3.05, 3.63) is 47.5 Å². The molecule has 0 heterocycles. The van der Waals surface area contributed by atoms with Gasteiger partial charge in [-0.25, -0.2) is 0 Å². The highest BCUT2D eigenvalue weighted by Gasteiger charge is 2.04. The van der Waals surface area contributed by atoms with Gasteiger partial charge in [0.05, 0.1) is 0 Å². The van der Waals surface area contributed by atoms with E-state index >= 15 is 0 Å². The average Bonchev–Trinajstić information content (AvgIpc) is 2.50. The SMILES string of the molecule is CC(C)Cc1ccc(O)cc1O.CCCCc1ccc(O)cc1O. The van der Waals surface area contributed by atoms with E-state index in [1.165, 1.54) is 12.1 Å². The van der Waals surface area contributed by atoms with Crippen LogP contribution in [-0.2, 0) is 12.8 Å². The van der Waals surface area contributed by atoms with E-state index in [4.69, 9.17) is 10.2 Å². The van der Waals surface area contributed by atoms with Crippen LogP contribution in [0.15, 0.2) is 36.4 Å². The number of hydrogen-bond donors (Lipinski definition) is 4. The van der Waals surface area contributed by atoms with Gasteiger partial charge in [-0.1, -0.05) is 39.3 Å². The molecule has 0 atom stereocenters. The van der Waals surface area contributed by atoms with Gasteiger partial charge < -0.3 is 20.4 Å². The van der Waals surface area contributed by atoms with E-state index in [-0.39, 0.29) is 23.0 Å². The van der Waals surface area contributed by atoms with Gasteiger partial charge in [0.25, 0.3) is 0 Å². The molecule has 0 bridgehead atoms. The molecule has 4 N–H and O–H groups in total. The van der Waals surface area contributed by atoms with Crippen LogP contribution in [-0.4, -0.2) is 20.4 Å².